The molecule has 2 rings (SSSR count). The van der Waals surface area contributed by atoms with Gasteiger partial charge in [0.15, 0.2) is 0 Å². The number of allylic oxidation sites excluding steroid dienone is 1. The van der Waals surface area contributed by atoms with E-state index in [1.807, 2.05) is 30.3 Å². The summed E-state index contributed by atoms with van der Waals surface area (Å²) in [5, 5.41) is 10.8. The minimum absolute atomic E-state index is 0.0463. The summed E-state index contributed by atoms with van der Waals surface area (Å²) in [6.07, 6.45) is 3.21. The van der Waals surface area contributed by atoms with E-state index in [1.165, 1.54) is 19.2 Å². The second kappa shape index (κ2) is 10.0. The van der Waals surface area contributed by atoms with Crippen molar-refractivity contribution in [3.05, 3.63) is 88.0 Å². The van der Waals surface area contributed by atoms with Crippen molar-refractivity contribution >= 4 is 17.4 Å². The lowest BCUT2D eigenvalue weighted by Gasteiger charge is -2.11. The number of nitrogens with zero attached hydrogens (tertiary/aromatic N) is 2. The van der Waals surface area contributed by atoms with E-state index in [9.17, 15) is 14.9 Å². The van der Waals surface area contributed by atoms with Crippen molar-refractivity contribution < 1.29 is 14.5 Å². The molecular formula is C21H22N2O4. The summed E-state index contributed by atoms with van der Waals surface area (Å²) >= 11 is 0. The van der Waals surface area contributed by atoms with Crippen LogP contribution in [0, 0.1) is 10.1 Å². The minimum atomic E-state index is -0.430. The Morgan fingerprint density at radius 3 is 2.52 bits per heavy atom. The summed E-state index contributed by atoms with van der Waals surface area (Å²) in [7, 11) is 1.36. The number of aliphatic imine (C=N–C) groups is 1. The highest BCUT2D eigenvalue weighted by Crippen LogP contribution is 2.17. The van der Waals surface area contributed by atoms with Crippen molar-refractivity contribution in [2.75, 3.05) is 7.11 Å². The van der Waals surface area contributed by atoms with Crippen molar-refractivity contribution in [3.8, 4) is 0 Å². The standard InChI is InChI=1S/C21H22N2O4/c1-3-6-17-7-4-5-8-19(17)20(13-14-21(24)27-2)22-15-16-9-11-18(12-10-16)23(25)26/h3-5,7-12H,1,6,13-15H2,2H3. The smallest absolute Gasteiger partial charge is 0.305 e. The maximum atomic E-state index is 11.6. The number of nitro benzene ring substituents is 1. The van der Waals surface area contributed by atoms with E-state index in [0.29, 0.717) is 19.4 Å². The highest BCUT2D eigenvalue weighted by molar-refractivity contribution is 6.03. The van der Waals surface area contributed by atoms with Gasteiger partial charge in [-0.3, -0.25) is 19.9 Å². The summed E-state index contributed by atoms with van der Waals surface area (Å²) < 4.78 is 4.74. The first-order valence-corrected chi connectivity index (χ1v) is 8.57. The summed E-state index contributed by atoms with van der Waals surface area (Å²) in [4.78, 5) is 26.6. The number of nitro groups is 1. The monoisotopic (exact) mass is 366 g/mol. The number of methoxy groups -OCH3 is 1. The number of hydrogen-bond acceptors (Lipinski definition) is 5. The molecule has 0 bridgehead atoms. The third-order valence-electron chi connectivity index (χ3n) is 4.09. The molecule has 6 heteroatoms. The highest BCUT2D eigenvalue weighted by atomic mass is 16.6. The molecule has 0 N–H and O–H groups in total. The highest BCUT2D eigenvalue weighted by Gasteiger charge is 2.11. The van der Waals surface area contributed by atoms with Gasteiger partial charge < -0.3 is 4.74 Å². The minimum Gasteiger partial charge on any atom is -0.469 e. The molecule has 2 aromatic rings. The number of carbonyl (C=O) groups is 1. The Kier molecular flexibility index (Phi) is 7.43. The van der Waals surface area contributed by atoms with E-state index >= 15 is 0 Å². The van der Waals surface area contributed by atoms with E-state index < -0.39 is 4.92 Å². The fraction of sp³-hybridized carbons (Fsp3) is 0.238. The molecule has 0 radical (unpaired) electrons. The maximum Gasteiger partial charge on any atom is 0.305 e. The van der Waals surface area contributed by atoms with Crippen molar-refractivity contribution in [2.45, 2.75) is 25.8 Å². The van der Waals surface area contributed by atoms with Crippen molar-refractivity contribution in [3.63, 3.8) is 0 Å². The van der Waals surface area contributed by atoms with Gasteiger partial charge in [-0.1, -0.05) is 42.5 Å². The van der Waals surface area contributed by atoms with Gasteiger partial charge in [0.1, 0.15) is 0 Å². The van der Waals surface area contributed by atoms with Crippen LogP contribution in [-0.4, -0.2) is 23.7 Å². The van der Waals surface area contributed by atoms with Crippen LogP contribution in [0.2, 0.25) is 0 Å². The number of esters is 1. The molecule has 0 heterocycles. The molecule has 0 atom stereocenters. The molecule has 140 valence electrons. The van der Waals surface area contributed by atoms with Crippen molar-refractivity contribution in [1.29, 1.82) is 0 Å². The van der Waals surface area contributed by atoms with E-state index in [-0.39, 0.29) is 18.1 Å². The van der Waals surface area contributed by atoms with Crippen LogP contribution in [0.3, 0.4) is 0 Å². The van der Waals surface area contributed by atoms with Crippen LogP contribution in [0.1, 0.15) is 29.5 Å². The second-order valence-corrected chi connectivity index (χ2v) is 5.91. The van der Waals surface area contributed by atoms with Crippen molar-refractivity contribution in [2.24, 2.45) is 4.99 Å². The van der Waals surface area contributed by atoms with Gasteiger partial charge in [0, 0.05) is 24.3 Å². The molecule has 6 nitrogen and oxygen atoms in total. The Labute approximate surface area is 158 Å². The van der Waals surface area contributed by atoms with Gasteiger partial charge in [0.25, 0.3) is 5.69 Å². The summed E-state index contributed by atoms with van der Waals surface area (Å²) in [5.41, 5.74) is 3.77. The lowest BCUT2D eigenvalue weighted by atomic mass is 9.97. The second-order valence-electron chi connectivity index (χ2n) is 5.91. The summed E-state index contributed by atoms with van der Waals surface area (Å²) in [6, 6.07) is 14.2. The van der Waals surface area contributed by atoms with Crippen LogP contribution in [0.5, 0.6) is 0 Å². The third-order valence-corrected chi connectivity index (χ3v) is 4.09. The van der Waals surface area contributed by atoms with E-state index in [0.717, 1.165) is 22.4 Å². The predicted molar refractivity (Wildman–Crippen MR) is 105 cm³/mol. The zero-order chi connectivity index (χ0) is 19.6. The van der Waals surface area contributed by atoms with E-state index in [4.69, 9.17) is 9.73 Å². The lowest BCUT2D eigenvalue weighted by molar-refractivity contribution is -0.384. The Hall–Kier alpha value is -3.28. The van der Waals surface area contributed by atoms with Crippen LogP contribution >= 0.6 is 0 Å². The van der Waals surface area contributed by atoms with Crippen LogP contribution in [-0.2, 0) is 22.5 Å². The molecule has 0 aliphatic rings. The molecule has 0 saturated heterocycles. The Balaban J connectivity index is 2.28. The number of ether oxygens (including phenoxy) is 1. The van der Waals surface area contributed by atoms with Crippen LogP contribution < -0.4 is 0 Å². The largest absolute Gasteiger partial charge is 0.469 e. The van der Waals surface area contributed by atoms with E-state index in [2.05, 4.69) is 6.58 Å². The molecule has 0 unspecified atom stereocenters. The Morgan fingerprint density at radius 1 is 1.19 bits per heavy atom. The Bertz CT molecular complexity index is 842. The molecule has 0 fully saturated rings. The molecule has 0 aliphatic carbocycles. The number of benzene rings is 2. The number of rotatable bonds is 9. The molecule has 27 heavy (non-hydrogen) atoms. The van der Waals surface area contributed by atoms with Gasteiger partial charge in [0.2, 0.25) is 0 Å². The number of hydrogen-bond donors (Lipinski definition) is 0. The number of non-ortho nitro benzene ring substituents is 1. The van der Waals surface area contributed by atoms with E-state index in [1.54, 1.807) is 12.1 Å². The molecule has 0 spiro atoms. The summed E-state index contributed by atoms with van der Waals surface area (Å²) in [6.45, 7) is 4.16. The first-order chi connectivity index (χ1) is 13.0. The van der Waals surface area contributed by atoms with Crippen LogP contribution in [0.25, 0.3) is 0 Å². The normalized spacial score (nSPS) is 11.1. The average Bonchev–Trinajstić information content (AvgIpc) is 2.69. The molecule has 0 aliphatic heterocycles. The predicted octanol–water partition coefficient (Wildman–Crippen LogP) is 4.27. The first-order valence-electron chi connectivity index (χ1n) is 8.57. The molecule has 2 aromatic carbocycles. The maximum absolute atomic E-state index is 11.6. The van der Waals surface area contributed by atoms with Gasteiger partial charge in [-0.05, 0) is 23.1 Å². The fourth-order valence-electron chi connectivity index (χ4n) is 2.67. The zero-order valence-electron chi connectivity index (χ0n) is 15.3. The molecule has 0 aromatic heterocycles. The van der Waals surface area contributed by atoms with Gasteiger partial charge >= 0.3 is 5.97 Å². The van der Waals surface area contributed by atoms with Crippen LogP contribution in [0.15, 0.2) is 66.2 Å². The molecular weight excluding hydrogens is 344 g/mol. The van der Waals surface area contributed by atoms with Gasteiger partial charge in [-0.25, -0.2) is 0 Å². The van der Waals surface area contributed by atoms with Gasteiger partial charge in [-0.15, -0.1) is 6.58 Å². The molecule has 0 amide bonds. The summed E-state index contributed by atoms with van der Waals surface area (Å²) in [5.74, 6) is -0.292. The SMILES string of the molecule is C=CCc1ccccc1C(CCC(=O)OC)=NCc1ccc([N+](=O)[O-])cc1. The van der Waals surface area contributed by atoms with Gasteiger partial charge in [0.05, 0.1) is 25.0 Å². The average molecular weight is 366 g/mol. The lowest BCUT2D eigenvalue weighted by Crippen LogP contribution is -2.10. The quantitative estimate of drug-likeness (QED) is 0.218. The Morgan fingerprint density at radius 2 is 1.89 bits per heavy atom. The first kappa shape index (κ1) is 20.0. The van der Waals surface area contributed by atoms with Gasteiger partial charge in [-0.2, -0.15) is 0 Å². The molecule has 0 saturated carbocycles. The zero-order valence-corrected chi connectivity index (χ0v) is 15.3. The van der Waals surface area contributed by atoms with Crippen LogP contribution in [0.4, 0.5) is 5.69 Å². The van der Waals surface area contributed by atoms with Crippen molar-refractivity contribution in [1.82, 2.24) is 0 Å². The topological polar surface area (TPSA) is 81.8 Å². The fourth-order valence-corrected chi connectivity index (χ4v) is 2.67. The third kappa shape index (κ3) is 5.88. The number of carbonyl (C=O) groups excluding carboxylic acids is 1.